The van der Waals surface area contributed by atoms with E-state index in [1.807, 2.05) is 6.92 Å². The highest BCUT2D eigenvalue weighted by atomic mass is 16.2. The quantitative estimate of drug-likeness (QED) is 0.705. The molecule has 2 fully saturated rings. The summed E-state index contributed by atoms with van der Waals surface area (Å²) < 4.78 is 0. The van der Waals surface area contributed by atoms with E-state index in [9.17, 15) is 9.59 Å². The van der Waals surface area contributed by atoms with Crippen LogP contribution in [0.5, 0.6) is 0 Å². The van der Waals surface area contributed by atoms with Crippen molar-refractivity contribution in [2.45, 2.75) is 39.2 Å². The minimum atomic E-state index is -0.119. The van der Waals surface area contributed by atoms with Gasteiger partial charge in [0, 0.05) is 24.9 Å². The van der Waals surface area contributed by atoms with E-state index in [0.717, 1.165) is 6.54 Å². The highest BCUT2D eigenvalue weighted by molar-refractivity contribution is 6.03. The maximum Gasteiger partial charge on any atom is 0.232 e. The van der Waals surface area contributed by atoms with Gasteiger partial charge in [0.15, 0.2) is 0 Å². The molecule has 2 rings (SSSR count). The smallest absolute Gasteiger partial charge is 0.232 e. The lowest BCUT2D eigenvalue weighted by molar-refractivity contribution is -0.139. The molecule has 0 aliphatic carbocycles. The van der Waals surface area contributed by atoms with Crippen LogP contribution in [0, 0.1) is 11.8 Å². The summed E-state index contributed by atoms with van der Waals surface area (Å²) in [6, 6.07) is 0.284. The lowest BCUT2D eigenvalue weighted by Gasteiger charge is -2.32. The lowest BCUT2D eigenvalue weighted by Crippen LogP contribution is -2.49. The number of rotatable bonds is 2. The van der Waals surface area contributed by atoms with Crippen LogP contribution in [0.15, 0.2) is 0 Å². The predicted octanol–water partition coefficient (Wildman–Crippen LogP) is 0.769. The summed E-state index contributed by atoms with van der Waals surface area (Å²) in [4.78, 5) is 24.9. The van der Waals surface area contributed by atoms with Gasteiger partial charge in [-0.05, 0) is 25.3 Å². The van der Waals surface area contributed by atoms with E-state index < -0.39 is 0 Å². The third kappa shape index (κ3) is 2.12. The van der Waals surface area contributed by atoms with Gasteiger partial charge < -0.3 is 5.32 Å². The van der Waals surface area contributed by atoms with E-state index in [-0.39, 0.29) is 23.8 Å². The largest absolute Gasteiger partial charge is 0.312 e. The van der Waals surface area contributed by atoms with Gasteiger partial charge >= 0.3 is 0 Å². The first-order valence-electron chi connectivity index (χ1n) is 6.17. The molecule has 3 unspecified atom stereocenters. The van der Waals surface area contributed by atoms with E-state index >= 15 is 0 Å². The molecule has 0 radical (unpaired) electrons. The molecule has 0 aromatic rings. The van der Waals surface area contributed by atoms with Crippen molar-refractivity contribution in [3.05, 3.63) is 0 Å². The minimum absolute atomic E-state index is 0.00271. The minimum Gasteiger partial charge on any atom is -0.312 e. The number of piperidine rings is 1. The second kappa shape index (κ2) is 4.53. The van der Waals surface area contributed by atoms with Gasteiger partial charge in [0.2, 0.25) is 11.8 Å². The van der Waals surface area contributed by atoms with Gasteiger partial charge in [-0.1, -0.05) is 13.8 Å². The first-order chi connectivity index (χ1) is 7.59. The van der Waals surface area contributed by atoms with E-state index in [1.165, 1.54) is 17.7 Å². The van der Waals surface area contributed by atoms with Gasteiger partial charge in [-0.25, -0.2) is 0 Å². The first-order valence-corrected chi connectivity index (χ1v) is 6.17. The molecule has 0 aromatic carbocycles. The van der Waals surface area contributed by atoms with Crippen LogP contribution in [-0.4, -0.2) is 35.8 Å². The van der Waals surface area contributed by atoms with Gasteiger partial charge in [0.05, 0.1) is 0 Å². The number of likely N-dealkylation sites (tertiary alicyclic amines) is 1. The summed E-state index contributed by atoms with van der Waals surface area (Å²) in [6.45, 7) is 5.58. The van der Waals surface area contributed by atoms with Gasteiger partial charge in [-0.3, -0.25) is 14.5 Å². The monoisotopic (exact) mass is 224 g/mol. The number of imide groups is 1. The van der Waals surface area contributed by atoms with Crippen LogP contribution in [0.4, 0.5) is 0 Å². The van der Waals surface area contributed by atoms with Crippen LogP contribution in [-0.2, 0) is 9.59 Å². The Bertz CT molecular complexity index is 303. The van der Waals surface area contributed by atoms with Crippen molar-refractivity contribution in [2.24, 2.45) is 11.8 Å². The van der Waals surface area contributed by atoms with E-state index in [2.05, 4.69) is 12.2 Å². The normalized spacial score (nSPS) is 35.9. The molecule has 2 saturated heterocycles. The molecule has 2 aliphatic rings. The van der Waals surface area contributed by atoms with Crippen molar-refractivity contribution in [1.82, 2.24) is 10.2 Å². The fourth-order valence-electron chi connectivity index (χ4n) is 2.60. The van der Waals surface area contributed by atoms with Crippen LogP contribution in [0.2, 0.25) is 0 Å². The predicted molar refractivity (Wildman–Crippen MR) is 60.7 cm³/mol. The molecule has 0 bridgehead atoms. The van der Waals surface area contributed by atoms with Crippen molar-refractivity contribution in [2.75, 3.05) is 13.1 Å². The molecule has 3 atom stereocenters. The van der Waals surface area contributed by atoms with Crippen LogP contribution in [0.25, 0.3) is 0 Å². The number of carbonyl (C=O) groups excluding carboxylic acids is 2. The Hall–Kier alpha value is -0.900. The Morgan fingerprint density at radius 1 is 1.38 bits per heavy atom. The van der Waals surface area contributed by atoms with E-state index in [1.54, 1.807) is 0 Å². The lowest BCUT2D eigenvalue weighted by atomic mass is 9.92. The van der Waals surface area contributed by atoms with Crippen LogP contribution in [0.3, 0.4) is 0 Å². The zero-order valence-corrected chi connectivity index (χ0v) is 10.0. The molecule has 2 heterocycles. The molecule has 1 N–H and O–H groups in total. The Kier molecular flexibility index (Phi) is 3.28. The van der Waals surface area contributed by atoms with Gasteiger partial charge in [-0.15, -0.1) is 0 Å². The van der Waals surface area contributed by atoms with E-state index in [4.69, 9.17) is 0 Å². The maximum absolute atomic E-state index is 11.8. The van der Waals surface area contributed by atoms with E-state index in [0.29, 0.717) is 18.9 Å². The standard InChI is InChI=1S/C12H20N2O2/c1-8-4-3-5-13-10(8)7-14-11(15)6-9(2)12(14)16/h8-10,13H,3-7H2,1-2H3. The number of nitrogens with zero attached hydrogens (tertiary/aromatic N) is 1. The third-order valence-electron chi connectivity index (χ3n) is 3.78. The first kappa shape index (κ1) is 11.6. The second-order valence-electron chi connectivity index (χ2n) is 5.13. The SMILES string of the molecule is CC1CC(=O)N(CC2NCCCC2C)C1=O. The van der Waals surface area contributed by atoms with Gasteiger partial charge in [0.1, 0.15) is 0 Å². The van der Waals surface area contributed by atoms with Crippen LogP contribution in [0.1, 0.15) is 33.1 Å². The molecule has 0 spiro atoms. The van der Waals surface area contributed by atoms with Crippen molar-refractivity contribution < 1.29 is 9.59 Å². The molecule has 90 valence electrons. The zero-order valence-electron chi connectivity index (χ0n) is 10.0. The highest BCUT2D eigenvalue weighted by Crippen LogP contribution is 2.22. The number of hydrogen-bond acceptors (Lipinski definition) is 3. The summed E-state index contributed by atoms with van der Waals surface area (Å²) in [5.41, 5.74) is 0. The average molecular weight is 224 g/mol. The summed E-state index contributed by atoms with van der Waals surface area (Å²) in [6.07, 6.45) is 2.76. The third-order valence-corrected chi connectivity index (χ3v) is 3.78. The van der Waals surface area contributed by atoms with Crippen LogP contribution >= 0.6 is 0 Å². The Morgan fingerprint density at radius 3 is 2.69 bits per heavy atom. The fraction of sp³-hybridized carbons (Fsp3) is 0.833. The summed E-state index contributed by atoms with van der Waals surface area (Å²) >= 11 is 0. The Labute approximate surface area is 96.4 Å². The fourth-order valence-corrected chi connectivity index (χ4v) is 2.60. The molecular weight excluding hydrogens is 204 g/mol. The van der Waals surface area contributed by atoms with Gasteiger partial charge in [-0.2, -0.15) is 0 Å². The summed E-state index contributed by atoms with van der Waals surface area (Å²) in [5, 5.41) is 3.41. The Morgan fingerprint density at radius 2 is 2.12 bits per heavy atom. The Balaban J connectivity index is 1.98. The van der Waals surface area contributed by atoms with Crippen molar-refractivity contribution in [1.29, 1.82) is 0 Å². The van der Waals surface area contributed by atoms with Crippen LogP contribution < -0.4 is 5.32 Å². The molecule has 2 aliphatic heterocycles. The maximum atomic E-state index is 11.8. The zero-order chi connectivity index (χ0) is 11.7. The van der Waals surface area contributed by atoms with Crippen molar-refractivity contribution >= 4 is 11.8 Å². The topological polar surface area (TPSA) is 49.4 Å². The number of nitrogens with one attached hydrogen (secondary N) is 1. The molecule has 0 saturated carbocycles. The number of amides is 2. The van der Waals surface area contributed by atoms with Gasteiger partial charge in [0.25, 0.3) is 0 Å². The summed E-state index contributed by atoms with van der Waals surface area (Å²) in [5.74, 6) is 0.429. The molecule has 2 amide bonds. The molecule has 4 heteroatoms. The van der Waals surface area contributed by atoms with Crippen molar-refractivity contribution in [3.63, 3.8) is 0 Å². The average Bonchev–Trinajstić information content (AvgIpc) is 2.48. The number of hydrogen-bond donors (Lipinski definition) is 1. The second-order valence-corrected chi connectivity index (χ2v) is 5.13. The highest BCUT2D eigenvalue weighted by Gasteiger charge is 2.37. The van der Waals surface area contributed by atoms with Crippen molar-refractivity contribution in [3.8, 4) is 0 Å². The summed E-state index contributed by atoms with van der Waals surface area (Å²) in [7, 11) is 0. The number of carbonyl (C=O) groups is 2. The molecule has 0 aromatic heterocycles. The molecule has 4 nitrogen and oxygen atoms in total. The molecular formula is C12H20N2O2. The molecule has 16 heavy (non-hydrogen) atoms.